The summed E-state index contributed by atoms with van der Waals surface area (Å²) in [5, 5.41) is 20.7. The van der Waals surface area contributed by atoms with Crippen molar-refractivity contribution >= 4 is 34.6 Å². The van der Waals surface area contributed by atoms with Crippen LogP contribution in [0.3, 0.4) is 0 Å². The minimum Gasteiger partial charge on any atom is -0.372 e. The van der Waals surface area contributed by atoms with Crippen LogP contribution >= 0.6 is 11.6 Å². The zero-order valence-electron chi connectivity index (χ0n) is 24.5. The maximum atomic E-state index is 15.1. The molecule has 15 heteroatoms. The first-order chi connectivity index (χ1) is 21.5. The normalized spacial score (nSPS) is 12.6. The van der Waals surface area contributed by atoms with Crippen LogP contribution in [-0.4, -0.2) is 58.4 Å². The SMILES string of the molecule is N=C(N)NCC[C@H](CNC(=N)N)OCc1ccc(-n2cc3cc(-c4cc(CCC[C@@H](N)CF)cc(Cl)c4F)[nH]c3nc2=O)cc1. The van der Waals surface area contributed by atoms with E-state index in [1.165, 1.54) is 4.57 Å². The first kappa shape index (κ1) is 33.4. The molecule has 0 spiro atoms. The van der Waals surface area contributed by atoms with Gasteiger partial charge in [-0.05, 0) is 67.1 Å². The van der Waals surface area contributed by atoms with Gasteiger partial charge in [-0.3, -0.25) is 15.4 Å². The molecule has 2 aromatic heterocycles. The summed E-state index contributed by atoms with van der Waals surface area (Å²) in [6.45, 7) is 0.386. The van der Waals surface area contributed by atoms with Crippen molar-refractivity contribution in [2.24, 2.45) is 17.2 Å². The highest BCUT2D eigenvalue weighted by Gasteiger charge is 2.16. The van der Waals surface area contributed by atoms with Gasteiger partial charge in [0, 0.05) is 36.3 Å². The van der Waals surface area contributed by atoms with Crippen molar-refractivity contribution in [2.45, 2.75) is 44.4 Å². The zero-order chi connectivity index (χ0) is 32.5. The number of hydrogen-bond acceptors (Lipinski definition) is 6. The number of benzene rings is 2. The number of nitrogens with zero attached hydrogens (tertiary/aromatic N) is 2. The number of nitrogens with one attached hydrogen (secondary N) is 5. The fraction of sp³-hybridized carbons (Fsp3) is 0.333. The zero-order valence-corrected chi connectivity index (χ0v) is 25.3. The Hall–Kier alpha value is -4.53. The van der Waals surface area contributed by atoms with Crippen LogP contribution in [0.25, 0.3) is 28.0 Å². The number of alkyl halides is 1. The fourth-order valence-corrected chi connectivity index (χ4v) is 5.00. The maximum Gasteiger partial charge on any atom is 0.354 e. The predicted molar refractivity (Wildman–Crippen MR) is 172 cm³/mol. The van der Waals surface area contributed by atoms with Crippen LogP contribution in [-0.2, 0) is 17.8 Å². The molecule has 0 unspecified atom stereocenters. The summed E-state index contributed by atoms with van der Waals surface area (Å²) < 4.78 is 35.2. The van der Waals surface area contributed by atoms with Crippen LogP contribution in [0.5, 0.6) is 0 Å². The van der Waals surface area contributed by atoms with Gasteiger partial charge in [0.2, 0.25) is 0 Å². The van der Waals surface area contributed by atoms with Crippen molar-refractivity contribution in [1.82, 2.24) is 25.2 Å². The van der Waals surface area contributed by atoms with Crippen molar-refractivity contribution in [1.29, 1.82) is 10.8 Å². The molecule has 0 radical (unpaired) electrons. The van der Waals surface area contributed by atoms with Crippen molar-refractivity contribution in [3.63, 3.8) is 0 Å². The van der Waals surface area contributed by atoms with Crippen LogP contribution in [0, 0.1) is 16.6 Å². The van der Waals surface area contributed by atoms with Crippen molar-refractivity contribution in [3.8, 4) is 16.9 Å². The summed E-state index contributed by atoms with van der Waals surface area (Å²) in [6, 6.07) is 11.6. The number of aryl methyl sites for hydroxylation is 1. The Kier molecular flexibility index (Phi) is 11.5. The third-order valence-electron chi connectivity index (χ3n) is 7.13. The van der Waals surface area contributed by atoms with Crippen molar-refractivity contribution in [2.75, 3.05) is 19.8 Å². The van der Waals surface area contributed by atoms with Gasteiger partial charge in [0.25, 0.3) is 0 Å². The second-order valence-electron chi connectivity index (χ2n) is 10.6. The third-order valence-corrected chi connectivity index (χ3v) is 7.40. The van der Waals surface area contributed by atoms with Gasteiger partial charge in [0.05, 0.1) is 29.1 Å². The average molecular weight is 643 g/mol. The molecule has 0 saturated carbocycles. The number of guanidine groups is 2. The lowest BCUT2D eigenvalue weighted by molar-refractivity contribution is 0.0389. The standard InChI is InChI=1S/C30H37ClF2N10O2/c31-24-11-18(2-1-3-20(34)13-32)10-23(26(24)33)25-12-19-15-43(30(44)42-27(19)41-25)21-6-4-17(5-7-21)16-45-22(14-40-29(37)38)8-9-39-28(35)36/h4-7,10-12,15,20,22H,1-3,8-9,13-14,16,34H2,(H4,35,36,39)(H4,37,38,40)(H,41,42,44)/t20-,22-/m1/s1. The van der Waals surface area contributed by atoms with Gasteiger partial charge >= 0.3 is 5.69 Å². The van der Waals surface area contributed by atoms with E-state index in [2.05, 4.69) is 20.6 Å². The molecule has 4 rings (SSSR count). The molecule has 0 fully saturated rings. The first-order valence-electron chi connectivity index (χ1n) is 14.3. The highest BCUT2D eigenvalue weighted by atomic mass is 35.5. The van der Waals surface area contributed by atoms with Gasteiger partial charge in [-0.2, -0.15) is 4.98 Å². The van der Waals surface area contributed by atoms with Crippen molar-refractivity contribution < 1.29 is 13.5 Å². The molecule has 4 aromatic rings. The monoisotopic (exact) mass is 642 g/mol. The molecule has 0 aliphatic rings. The van der Waals surface area contributed by atoms with Crippen LogP contribution < -0.4 is 33.5 Å². The van der Waals surface area contributed by atoms with E-state index in [0.717, 1.165) is 11.1 Å². The minimum absolute atomic E-state index is 0.0401. The molecular formula is C30H37ClF2N10O2. The number of H-pyrrole nitrogens is 1. The van der Waals surface area contributed by atoms with Gasteiger partial charge in [-0.1, -0.05) is 23.7 Å². The van der Waals surface area contributed by atoms with Crippen LogP contribution in [0.2, 0.25) is 5.02 Å². The summed E-state index contributed by atoms with van der Waals surface area (Å²) in [7, 11) is 0. The maximum absolute atomic E-state index is 15.1. The number of rotatable bonds is 15. The van der Waals surface area contributed by atoms with E-state index < -0.39 is 24.2 Å². The molecule has 2 heterocycles. The minimum atomic E-state index is -0.602. The van der Waals surface area contributed by atoms with Gasteiger partial charge in [0.1, 0.15) is 12.3 Å². The van der Waals surface area contributed by atoms with Gasteiger partial charge in [0.15, 0.2) is 17.7 Å². The lowest BCUT2D eigenvalue weighted by Crippen LogP contribution is -2.40. The molecule has 2 aromatic carbocycles. The topological polar surface area (TPSA) is 210 Å². The molecule has 0 amide bonds. The fourth-order valence-electron chi connectivity index (χ4n) is 4.76. The summed E-state index contributed by atoms with van der Waals surface area (Å²) in [4.78, 5) is 20.1. The summed E-state index contributed by atoms with van der Waals surface area (Å²) >= 11 is 6.20. The second kappa shape index (κ2) is 15.5. The number of hydrogen-bond donors (Lipinski definition) is 8. The smallest absolute Gasteiger partial charge is 0.354 e. The third kappa shape index (κ3) is 9.23. The van der Waals surface area contributed by atoms with E-state index in [4.69, 9.17) is 44.4 Å². The van der Waals surface area contributed by atoms with Crippen LogP contribution in [0.4, 0.5) is 8.78 Å². The molecule has 2 atom stereocenters. The van der Waals surface area contributed by atoms with E-state index in [0.29, 0.717) is 61.2 Å². The van der Waals surface area contributed by atoms with Gasteiger partial charge in [-0.15, -0.1) is 0 Å². The molecule has 0 saturated heterocycles. The number of aromatic amines is 1. The van der Waals surface area contributed by atoms with E-state index in [1.807, 2.05) is 12.1 Å². The molecule has 0 aliphatic carbocycles. The molecule has 11 N–H and O–H groups in total. The van der Waals surface area contributed by atoms with E-state index in [-0.39, 0.29) is 35.2 Å². The van der Waals surface area contributed by atoms with Crippen molar-refractivity contribution in [3.05, 3.63) is 81.1 Å². The lowest BCUT2D eigenvalue weighted by Gasteiger charge is -2.19. The quantitative estimate of drug-likeness (QED) is 0.0712. The predicted octanol–water partition coefficient (Wildman–Crippen LogP) is 3.03. The average Bonchev–Trinajstić information content (AvgIpc) is 3.41. The largest absolute Gasteiger partial charge is 0.372 e. The molecule has 240 valence electrons. The Balaban J connectivity index is 1.49. The molecule has 45 heavy (non-hydrogen) atoms. The van der Waals surface area contributed by atoms with Crippen LogP contribution in [0.15, 0.2) is 53.5 Å². The second-order valence-corrected chi connectivity index (χ2v) is 11.1. The Morgan fingerprint density at radius 2 is 1.82 bits per heavy atom. The first-order valence-corrected chi connectivity index (χ1v) is 14.7. The summed E-state index contributed by atoms with van der Waals surface area (Å²) in [6.07, 6.45) is 3.52. The molecular weight excluding hydrogens is 606 g/mol. The highest BCUT2D eigenvalue weighted by Crippen LogP contribution is 2.31. The highest BCUT2D eigenvalue weighted by molar-refractivity contribution is 6.31. The lowest BCUT2D eigenvalue weighted by atomic mass is 10.0. The molecule has 0 aliphatic heterocycles. The Morgan fingerprint density at radius 1 is 1.09 bits per heavy atom. The van der Waals surface area contributed by atoms with Crippen LogP contribution in [0.1, 0.15) is 30.4 Å². The Bertz CT molecular complexity index is 1690. The van der Waals surface area contributed by atoms with Gasteiger partial charge < -0.3 is 37.6 Å². The number of ether oxygens (including phenoxy) is 1. The van der Waals surface area contributed by atoms with Gasteiger partial charge in [-0.25, -0.2) is 13.6 Å². The number of fused-ring (bicyclic) bond motifs is 1. The van der Waals surface area contributed by atoms with E-state index in [1.54, 1.807) is 36.5 Å². The summed E-state index contributed by atoms with van der Waals surface area (Å²) in [5.41, 5.74) is 19.0. The number of nitrogens with two attached hydrogens (primary N) is 3. The van der Waals surface area contributed by atoms with E-state index in [9.17, 15) is 9.18 Å². The number of halogens is 3. The Morgan fingerprint density at radius 3 is 2.51 bits per heavy atom. The Labute approximate surface area is 263 Å². The summed E-state index contributed by atoms with van der Waals surface area (Å²) in [5.74, 6) is -0.917. The molecule has 0 bridgehead atoms. The van der Waals surface area contributed by atoms with E-state index >= 15 is 4.39 Å². The number of aromatic nitrogens is 3. The molecule has 12 nitrogen and oxygen atoms in total.